The van der Waals surface area contributed by atoms with Crippen LogP contribution in [-0.2, 0) is 6.18 Å². The number of fused-ring (bicyclic) bond motifs is 1. The van der Waals surface area contributed by atoms with E-state index >= 15 is 0 Å². The number of alkyl halides is 3. The van der Waals surface area contributed by atoms with Crippen molar-refractivity contribution in [3.63, 3.8) is 0 Å². The van der Waals surface area contributed by atoms with Crippen molar-refractivity contribution in [2.75, 3.05) is 12.4 Å². The third-order valence-corrected chi connectivity index (χ3v) is 4.78. The lowest BCUT2D eigenvalue weighted by Gasteiger charge is -2.13. The molecule has 0 unspecified atom stereocenters. The Bertz CT molecular complexity index is 1360. The zero-order valence-electron chi connectivity index (χ0n) is 16.7. The topological polar surface area (TPSA) is 56.1 Å². The summed E-state index contributed by atoms with van der Waals surface area (Å²) in [5.41, 5.74) is -0.317. The standard InChI is InChI=1S/C22H13F6N3O2/c1-33-13-6-9-17-16(10-13)30-21(22(26,27)28)31(17)12-4-2-11(3-5-12)29-20(32)14-7-8-15(23)19(25)18(14)24/h2-10H,1H3,(H,29,32). The fourth-order valence-electron chi connectivity index (χ4n) is 3.23. The number of carbonyl (C=O) groups is 1. The number of imidazole rings is 1. The predicted octanol–water partition coefficient (Wildman–Crippen LogP) is 5.72. The van der Waals surface area contributed by atoms with Crippen molar-refractivity contribution in [2.45, 2.75) is 6.18 Å². The van der Waals surface area contributed by atoms with Gasteiger partial charge in [0, 0.05) is 17.4 Å². The van der Waals surface area contributed by atoms with E-state index in [2.05, 4.69) is 10.3 Å². The number of halogens is 6. The second-order valence-corrected chi connectivity index (χ2v) is 6.85. The van der Waals surface area contributed by atoms with Gasteiger partial charge in [0.2, 0.25) is 5.82 Å². The Morgan fingerprint density at radius 3 is 2.30 bits per heavy atom. The summed E-state index contributed by atoms with van der Waals surface area (Å²) in [6.07, 6.45) is -4.76. The predicted molar refractivity (Wildman–Crippen MR) is 107 cm³/mol. The van der Waals surface area contributed by atoms with Crippen LogP contribution in [0.3, 0.4) is 0 Å². The highest BCUT2D eigenvalue weighted by atomic mass is 19.4. The molecule has 0 bridgehead atoms. The number of hydrogen-bond acceptors (Lipinski definition) is 3. The van der Waals surface area contributed by atoms with Crippen LogP contribution < -0.4 is 10.1 Å². The molecule has 0 saturated carbocycles. The summed E-state index contributed by atoms with van der Waals surface area (Å²) < 4.78 is 87.1. The van der Waals surface area contributed by atoms with Gasteiger partial charge in [0.05, 0.1) is 23.7 Å². The highest BCUT2D eigenvalue weighted by Gasteiger charge is 2.38. The number of anilines is 1. The number of hydrogen-bond donors (Lipinski definition) is 1. The second-order valence-electron chi connectivity index (χ2n) is 6.85. The van der Waals surface area contributed by atoms with Crippen LogP contribution in [0.15, 0.2) is 54.6 Å². The van der Waals surface area contributed by atoms with E-state index < -0.39 is 40.9 Å². The highest BCUT2D eigenvalue weighted by Crippen LogP contribution is 2.35. The van der Waals surface area contributed by atoms with E-state index in [4.69, 9.17) is 4.74 Å². The van der Waals surface area contributed by atoms with Crippen LogP contribution in [0.4, 0.5) is 32.0 Å². The molecule has 0 spiro atoms. The van der Waals surface area contributed by atoms with Crippen LogP contribution in [0.25, 0.3) is 16.7 Å². The summed E-state index contributed by atoms with van der Waals surface area (Å²) in [6.45, 7) is 0. The quantitative estimate of drug-likeness (QED) is 0.310. The normalized spacial score (nSPS) is 11.6. The number of nitrogens with zero attached hydrogens (tertiary/aromatic N) is 2. The molecule has 0 fully saturated rings. The minimum absolute atomic E-state index is 0.0628. The van der Waals surface area contributed by atoms with Crippen LogP contribution in [0, 0.1) is 17.5 Å². The summed E-state index contributed by atoms with van der Waals surface area (Å²) in [6, 6.07) is 10.8. The Morgan fingerprint density at radius 1 is 0.970 bits per heavy atom. The maximum atomic E-state index is 13.8. The molecule has 0 saturated heterocycles. The number of ether oxygens (including phenoxy) is 1. The number of nitrogens with one attached hydrogen (secondary N) is 1. The molecule has 0 atom stereocenters. The number of aromatic nitrogens is 2. The van der Waals surface area contributed by atoms with Gasteiger partial charge in [-0.1, -0.05) is 0 Å². The summed E-state index contributed by atoms with van der Waals surface area (Å²) in [5, 5.41) is 2.28. The molecule has 0 aliphatic heterocycles. The molecule has 33 heavy (non-hydrogen) atoms. The smallest absolute Gasteiger partial charge is 0.450 e. The van der Waals surface area contributed by atoms with E-state index in [1.54, 1.807) is 0 Å². The van der Waals surface area contributed by atoms with Crippen molar-refractivity contribution in [2.24, 2.45) is 0 Å². The Labute approximate surface area is 182 Å². The maximum absolute atomic E-state index is 13.8. The van der Waals surface area contributed by atoms with Crippen molar-refractivity contribution >= 4 is 22.6 Å². The van der Waals surface area contributed by atoms with Gasteiger partial charge in [0.15, 0.2) is 17.5 Å². The van der Waals surface area contributed by atoms with Gasteiger partial charge in [-0.25, -0.2) is 18.2 Å². The molecule has 4 aromatic rings. The van der Waals surface area contributed by atoms with Crippen LogP contribution in [0.5, 0.6) is 5.75 Å². The first-order chi connectivity index (χ1) is 15.6. The zero-order chi connectivity index (χ0) is 23.9. The van der Waals surface area contributed by atoms with Gasteiger partial charge >= 0.3 is 6.18 Å². The fourth-order valence-corrected chi connectivity index (χ4v) is 3.23. The van der Waals surface area contributed by atoms with Crippen LogP contribution in [-0.4, -0.2) is 22.6 Å². The lowest BCUT2D eigenvalue weighted by molar-refractivity contribution is -0.145. The molecule has 1 aromatic heterocycles. The van der Waals surface area contributed by atoms with Gasteiger partial charge < -0.3 is 10.1 Å². The molecular weight excluding hydrogens is 452 g/mol. The summed E-state index contributed by atoms with van der Waals surface area (Å²) in [7, 11) is 1.38. The van der Waals surface area contributed by atoms with E-state index in [0.717, 1.165) is 10.6 Å². The van der Waals surface area contributed by atoms with Gasteiger partial charge in [0.25, 0.3) is 5.91 Å². The summed E-state index contributed by atoms with van der Waals surface area (Å²) >= 11 is 0. The van der Waals surface area contributed by atoms with Crippen molar-refractivity contribution in [1.82, 2.24) is 9.55 Å². The molecule has 11 heteroatoms. The lowest BCUT2D eigenvalue weighted by Crippen LogP contribution is -2.15. The minimum atomic E-state index is -4.76. The molecule has 1 amide bonds. The third kappa shape index (κ3) is 4.09. The Hall–Kier alpha value is -4.02. The maximum Gasteiger partial charge on any atom is 0.450 e. The van der Waals surface area contributed by atoms with Crippen molar-refractivity contribution in [3.8, 4) is 11.4 Å². The van der Waals surface area contributed by atoms with E-state index in [1.807, 2.05) is 0 Å². The van der Waals surface area contributed by atoms with Crippen molar-refractivity contribution in [3.05, 3.63) is 83.4 Å². The molecule has 4 rings (SSSR count). The van der Waals surface area contributed by atoms with E-state index in [9.17, 15) is 31.1 Å². The van der Waals surface area contributed by atoms with Crippen LogP contribution in [0.1, 0.15) is 16.2 Å². The van der Waals surface area contributed by atoms with Crippen molar-refractivity contribution < 1.29 is 35.9 Å². The second kappa shape index (κ2) is 8.15. The minimum Gasteiger partial charge on any atom is -0.497 e. The lowest BCUT2D eigenvalue weighted by atomic mass is 10.1. The fraction of sp³-hybridized carbons (Fsp3) is 0.0909. The number of carbonyl (C=O) groups excluding carboxylic acids is 1. The molecule has 0 radical (unpaired) electrons. The summed E-state index contributed by atoms with van der Waals surface area (Å²) in [4.78, 5) is 15.9. The van der Waals surface area contributed by atoms with Gasteiger partial charge in [-0.2, -0.15) is 13.2 Å². The van der Waals surface area contributed by atoms with Crippen LogP contribution >= 0.6 is 0 Å². The molecule has 5 nitrogen and oxygen atoms in total. The first-order valence-electron chi connectivity index (χ1n) is 9.29. The first kappa shape index (κ1) is 22.2. The van der Waals surface area contributed by atoms with E-state index in [0.29, 0.717) is 11.8 Å². The molecule has 0 aliphatic carbocycles. The highest BCUT2D eigenvalue weighted by molar-refractivity contribution is 6.04. The summed E-state index contributed by atoms with van der Waals surface area (Å²) in [5.74, 6) is -6.77. The number of benzene rings is 3. The molecule has 1 N–H and O–H groups in total. The molecule has 0 aliphatic rings. The first-order valence-corrected chi connectivity index (χ1v) is 9.29. The van der Waals surface area contributed by atoms with Gasteiger partial charge in [-0.15, -0.1) is 0 Å². The largest absolute Gasteiger partial charge is 0.497 e. The number of methoxy groups -OCH3 is 1. The number of rotatable bonds is 4. The number of amides is 1. The molecule has 1 heterocycles. The van der Waals surface area contributed by atoms with Gasteiger partial charge in [-0.3, -0.25) is 9.36 Å². The third-order valence-electron chi connectivity index (χ3n) is 4.78. The van der Waals surface area contributed by atoms with Crippen LogP contribution in [0.2, 0.25) is 0 Å². The molecular formula is C22H13F6N3O2. The van der Waals surface area contributed by atoms with Gasteiger partial charge in [-0.05, 0) is 48.5 Å². The monoisotopic (exact) mass is 465 g/mol. The van der Waals surface area contributed by atoms with E-state index in [-0.39, 0.29) is 22.4 Å². The Kier molecular flexibility index (Phi) is 5.48. The Morgan fingerprint density at radius 2 is 1.67 bits per heavy atom. The Balaban J connectivity index is 1.69. The van der Waals surface area contributed by atoms with E-state index in [1.165, 1.54) is 49.6 Å². The molecule has 170 valence electrons. The SMILES string of the molecule is COc1ccc2c(c1)nc(C(F)(F)F)n2-c1ccc(NC(=O)c2ccc(F)c(F)c2F)cc1. The average Bonchev–Trinajstić information content (AvgIpc) is 3.17. The average molecular weight is 465 g/mol. The van der Waals surface area contributed by atoms with Gasteiger partial charge in [0.1, 0.15) is 5.75 Å². The molecule has 3 aromatic carbocycles. The van der Waals surface area contributed by atoms with Crippen molar-refractivity contribution in [1.29, 1.82) is 0 Å². The zero-order valence-corrected chi connectivity index (χ0v) is 16.7.